The van der Waals surface area contributed by atoms with Gasteiger partial charge < -0.3 is 4.98 Å². The highest BCUT2D eigenvalue weighted by atomic mass is 19.3. The highest BCUT2D eigenvalue weighted by Gasteiger charge is 2.06. The fourth-order valence-corrected chi connectivity index (χ4v) is 0.397. The summed E-state index contributed by atoms with van der Waals surface area (Å²) in [6, 6.07) is 0. The molecule has 1 aromatic rings. The van der Waals surface area contributed by atoms with Gasteiger partial charge in [0.1, 0.15) is 0 Å². The van der Waals surface area contributed by atoms with Gasteiger partial charge in [-0.25, -0.2) is 13.8 Å². The molecule has 0 saturated heterocycles. The van der Waals surface area contributed by atoms with E-state index in [0.29, 0.717) is 0 Å². The van der Waals surface area contributed by atoms with Gasteiger partial charge in [-0.3, -0.25) is 0 Å². The van der Waals surface area contributed by atoms with Crippen molar-refractivity contribution in [3.63, 3.8) is 0 Å². The van der Waals surface area contributed by atoms with Gasteiger partial charge in [-0.2, -0.15) is 0 Å². The predicted molar refractivity (Wildman–Crippen MR) is 23.5 cm³/mol. The standard InChI is InChI=1S/C4H4F2N2/c5-3(6)4-7-1-2-8-4/h1-3H,(H,7,8). The Morgan fingerprint density at radius 3 is 2.62 bits per heavy atom. The third-order valence-electron chi connectivity index (χ3n) is 0.726. The number of aromatic amines is 1. The molecule has 44 valence electrons. The summed E-state index contributed by atoms with van der Waals surface area (Å²) in [5, 5.41) is 0. The molecule has 0 aliphatic heterocycles. The number of hydrogen-bond acceptors (Lipinski definition) is 1. The first-order valence-electron chi connectivity index (χ1n) is 2.08. The van der Waals surface area contributed by atoms with E-state index in [1.165, 1.54) is 12.4 Å². The van der Waals surface area contributed by atoms with E-state index in [4.69, 9.17) is 0 Å². The first-order valence-corrected chi connectivity index (χ1v) is 2.08. The molecule has 0 atom stereocenters. The van der Waals surface area contributed by atoms with Crippen molar-refractivity contribution in [2.75, 3.05) is 0 Å². The Bertz CT molecular complexity index is 147. The van der Waals surface area contributed by atoms with Crippen molar-refractivity contribution in [3.05, 3.63) is 18.2 Å². The molecule has 1 rings (SSSR count). The first-order chi connectivity index (χ1) is 3.80. The average Bonchev–Trinajstić information content (AvgIpc) is 2.12. The molecule has 0 amide bonds. The Labute approximate surface area is 44.6 Å². The summed E-state index contributed by atoms with van der Waals surface area (Å²) in [7, 11) is 0. The SMILES string of the molecule is FC(F)c1ncc[nH]1. The Balaban J connectivity index is 2.77. The van der Waals surface area contributed by atoms with Gasteiger partial charge >= 0.3 is 0 Å². The van der Waals surface area contributed by atoms with Crippen molar-refractivity contribution < 1.29 is 8.78 Å². The quantitative estimate of drug-likeness (QED) is 0.592. The number of aromatic nitrogens is 2. The second-order valence-corrected chi connectivity index (χ2v) is 1.28. The Morgan fingerprint density at radius 1 is 1.62 bits per heavy atom. The van der Waals surface area contributed by atoms with Crippen LogP contribution >= 0.6 is 0 Å². The number of nitrogens with one attached hydrogen (secondary N) is 1. The molecule has 0 spiro atoms. The van der Waals surface area contributed by atoms with E-state index >= 15 is 0 Å². The van der Waals surface area contributed by atoms with Crippen LogP contribution in [0, 0.1) is 0 Å². The van der Waals surface area contributed by atoms with Crippen LogP contribution in [0.4, 0.5) is 8.78 Å². The number of alkyl halides is 2. The van der Waals surface area contributed by atoms with Gasteiger partial charge in [0.15, 0.2) is 5.82 Å². The maximum absolute atomic E-state index is 11.5. The van der Waals surface area contributed by atoms with E-state index in [9.17, 15) is 8.78 Å². The highest BCUT2D eigenvalue weighted by molar-refractivity contribution is 4.87. The summed E-state index contributed by atoms with van der Waals surface area (Å²) in [4.78, 5) is 5.59. The molecule has 0 fully saturated rings. The molecule has 0 aromatic carbocycles. The second kappa shape index (κ2) is 1.90. The van der Waals surface area contributed by atoms with E-state index in [-0.39, 0.29) is 5.82 Å². The maximum Gasteiger partial charge on any atom is 0.295 e. The summed E-state index contributed by atoms with van der Waals surface area (Å²) < 4.78 is 23.0. The zero-order chi connectivity index (χ0) is 5.98. The third-order valence-corrected chi connectivity index (χ3v) is 0.726. The minimum atomic E-state index is -2.48. The summed E-state index contributed by atoms with van der Waals surface area (Å²) >= 11 is 0. The Morgan fingerprint density at radius 2 is 2.38 bits per heavy atom. The van der Waals surface area contributed by atoms with Gasteiger partial charge in [-0.15, -0.1) is 0 Å². The molecule has 1 N–H and O–H groups in total. The summed E-state index contributed by atoms with van der Waals surface area (Å²) in [6.45, 7) is 0. The lowest BCUT2D eigenvalue weighted by Crippen LogP contribution is -1.84. The van der Waals surface area contributed by atoms with Crippen molar-refractivity contribution in [3.8, 4) is 0 Å². The predicted octanol–water partition coefficient (Wildman–Crippen LogP) is 1.35. The van der Waals surface area contributed by atoms with Crippen LogP contribution in [-0.4, -0.2) is 9.97 Å². The lowest BCUT2D eigenvalue weighted by Gasteiger charge is -1.87. The zero-order valence-electron chi connectivity index (χ0n) is 3.94. The van der Waals surface area contributed by atoms with Crippen LogP contribution in [0.1, 0.15) is 12.2 Å². The molecular formula is C4H4F2N2. The van der Waals surface area contributed by atoms with Crippen LogP contribution in [0.2, 0.25) is 0 Å². The average molecular weight is 118 g/mol. The fourth-order valence-electron chi connectivity index (χ4n) is 0.397. The largest absolute Gasteiger partial charge is 0.344 e. The van der Waals surface area contributed by atoms with Gasteiger partial charge in [0, 0.05) is 12.4 Å². The van der Waals surface area contributed by atoms with Crippen molar-refractivity contribution in [2.24, 2.45) is 0 Å². The van der Waals surface area contributed by atoms with Gasteiger partial charge in [0.25, 0.3) is 6.43 Å². The smallest absolute Gasteiger partial charge is 0.295 e. The number of halogens is 2. The molecule has 4 heteroatoms. The Hall–Kier alpha value is -0.930. The Kier molecular flexibility index (Phi) is 1.24. The van der Waals surface area contributed by atoms with E-state index in [1.54, 1.807) is 0 Å². The second-order valence-electron chi connectivity index (χ2n) is 1.28. The fraction of sp³-hybridized carbons (Fsp3) is 0.250. The van der Waals surface area contributed by atoms with E-state index < -0.39 is 6.43 Å². The molecule has 0 aliphatic rings. The van der Waals surface area contributed by atoms with Gasteiger partial charge in [-0.05, 0) is 0 Å². The van der Waals surface area contributed by atoms with Crippen LogP contribution in [0.15, 0.2) is 12.4 Å². The van der Waals surface area contributed by atoms with Crippen LogP contribution in [-0.2, 0) is 0 Å². The highest BCUT2D eigenvalue weighted by Crippen LogP contribution is 2.11. The van der Waals surface area contributed by atoms with Crippen molar-refractivity contribution in [2.45, 2.75) is 6.43 Å². The van der Waals surface area contributed by atoms with Gasteiger partial charge in [0.05, 0.1) is 0 Å². The molecule has 0 radical (unpaired) electrons. The molecule has 0 bridgehead atoms. The number of rotatable bonds is 1. The van der Waals surface area contributed by atoms with Crippen molar-refractivity contribution in [1.82, 2.24) is 9.97 Å². The minimum absolute atomic E-state index is 0.273. The monoisotopic (exact) mass is 118 g/mol. The number of hydrogen-bond donors (Lipinski definition) is 1. The number of imidazole rings is 1. The zero-order valence-corrected chi connectivity index (χ0v) is 3.94. The molecule has 0 saturated carbocycles. The van der Waals surface area contributed by atoms with E-state index in [2.05, 4.69) is 9.97 Å². The number of nitrogens with zero attached hydrogens (tertiary/aromatic N) is 1. The van der Waals surface area contributed by atoms with Gasteiger partial charge in [-0.1, -0.05) is 0 Å². The van der Waals surface area contributed by atoms with Crippen LogP contribution < -0.4 is 0 Å². The topological polar surface area (TPSA) is 28.7 Å². The van der Waals surface area contributed by atoms with Crippen molar-refractivity contribution >= 4 is 0 Å². The third kappa shape index (κ3) is 0.828. The van der Waals surface area contributed by atoms with Gasteiger partial charge in [0.2, 0.25) is 0 Å². The summed E-state index contributed by atoms with van der Waals surface area (Å²) in [6.07, 6.45) is 0.174. The van der Waals surface area contributed by atoms with Crippen LogP contribution in [0.3, 0.4) is 0 Å². The molecular weight excluding hydrogens is 114 g/mol. The minimum Gasteiger partial charge on any atom is -0.344 e. The van der Waals surface area contributed by atoms with Crippen LogP contribution in [0.25, 0.3) is 0 Å². The van der Waals surface area contributed by atoms with E-state index in [1.807, 2.05) is 0 Å². The van der Waals surface area contributed by atoms with Crippen LogP contribution in [0.5, 0.6) is 0 Å². The molecule has 0 aliphatic carbocycles. The maximum atomic E-state index is 11.5. The lowest BCUT2D eigenvalue weighted by molar-refractivity contribution is 0.141. The summed E-state index contributed by atoms with van der Waals surface area (Å²) in [5.41, 5.74) is 0. The molecule has 0 unspecified atom stereocenters. The lowest BCUT2D eigenvalue weighted by atomic mass is 10.7. The molecule has 8 heavy (non-hydrogen) atoms. The first kappa shape index (κ1) is 5.21. The van der Waals surface area contributed by atoms with E-state index in [0.717, 1.165) is 0 Å². The molecule has 2 nitrogen and oxygen atoms in total. The van der Waals surface area contributed by atoms with Crippen molar-refractivity contribution in [1.29, 1.82) is 0 Å². The summed E-state index contributed by atoms with van der Waals surface area (Å²) in [5.74, 6) is -0.273. The normalized spacial score (nSPS) is 10.4. The molecule has 1 aromatic heterocycles. The molecule has 1 heterocycles. The number of H-pyrrole nitrogens is 1.